The van der Waals surface area contributed by atoms with E-state index < -0.39 is 17.4 Å². The van der Waals surface area contributed by atoms with Gasteiger partial charge < -0.3 is 19.5 Å². The number of urea groups is 1. The lowest BCUT2D eigenvalue weighted by atomic mass is 9.86. The van der Waals surface area contributed by atoms with Crippen LogP contribution in [0, 0.1) is 5.41 Å². The van der Waals surface area contributed by atoms with Gasteiger partial charge in [-0.25, -0.2) is 4.79 Å². The quantitative estimate of drug-likeness (QED) is 0.178. The Balaban J connectivity index is 1.62. The minimum Gasteiger partial charge on any atom is -0.588 e. The number of para-hydroxylation sites is 1. The fourth-order valence-corrected chi connectivity index (χ4v) is 6.64. The molecule has 1 fully saturated rings. The van der Waals surface area contributed by atoms with Gasteiger partial charge in [-0.1, -0.05) is 88.2 Å². The molecule has 0 aliphatic heterocycles. The van der Waals surface area contributed by atoms with Gasteiger partial charge in [0, 0.05) is 29.0 Å². The summed E-state index contributed by atoms with van der Waals surface area (Å²) < 4.78 is 21.9. The number of carbonyl (C=O) groups excluding carboxylic acids is 2. The maximum atomic E-state index is 13.9. The van der Waals surface area contributed by atoms with Crippen LogP contribution in [-0.4, -0.2) is 28.0 Å². The lowest BCUT2D eigenvalue weighted by Crippen LogP contribution is -2.40. The third-order valence-corrected chi connectivity index (χ3v) is 9.36. The molecule has 2 N–H and O–H groups in total. The highest BCUT2D eigenvalue weighted by atomic mass is 32.2. The number of hydrogen-bond acceptors (Lipinski definition) is 4. The van der Waals surface area contributed by atoms with Gasteiger partial charge >= 0.3 is 6.03 Å². The van der Waals surface area contributed by atoms with Crippen molar-refractivity contribution in [3.8, 4) is 11.1 Å². The molecule has 4 rings (SSSR count). The molecule has 3 aromatic rings. The van der Waals surface area contributed by atoms with E-state index in [9.17, 15) is 14.1 Å². The van der Waals surface area contributed by atoms with Gasteiger partial charge in [0.05, 0.1) is 13.2 Å². The van der Waals surface area contributed by atoms with Crippen LogP contribution < -0.4 is 10.0 Å². The summed E-state index contributed by atoms with van der Waals surface area (Å²) in [6.45, 7) is 11.8. The first-order chi connectivity index (χ1) is 21.3. The Morgan fingerprint density at radius 1 is 1.00 bits per heavy atom. The van der Waals surface area contributed by atoms with E-state index in [1.54, 1.807) is 24.3 Å². The maximum absolute atomic E-state index is 13.9. The molecule has 44 heavy (non-hydrogen) atoms. The molecular formula is C36H45N3O4S. The van der Waals surface area contributed by atoms with Gasteiger partial charge in [-0.05, 0) is 73.6 Å². The van der Waals surface area contributed by atoms with Gasteiger partial charge in [-0.2, -0.15) is 0 Å². The van der Waals surface area contributed by atoms with Crippen molar-refractivity contribution in [3.05, 3.63) is 96.2 Å². The van der Waals surface area contributed by atoms with Crippen LogP contribution in [0.3, 0.4) is 0 Å². The molecule has 3 aromatic carbocycles. The summed E-state index contributed by atoms with van der Waals surface area (Å²) in [6.07, 6.45) is 6.77. The topological polar surface area (TPSA) is 93.7 Å². The minimum atomic E-state index is -1.82. The Labute approximate surface area is 265 Å². The van der Waals surface area contributed by atoms with Crippen LogP contribution in [0.25, 0.3) is 11.1 Å². The normalized spacial score (nSPS) is 14.5. The first-order valence-electron chi connectivity index (χ1n) is 15.6. The van der Waals surface area contributed by atoms with Crippen LogP contribution in [-0.2, 0) is 34.0 Å². The highest BCUT2D eigenvalue weighted by Crippen LogP contribution is 2.41. The zero-order chi connectivity index (χ0) is 31.5. The van der Waals surface area contributed by atoms with E-state index in [-0.39, 0.29) is 11.3 Å². The van der Waals surface area contributed by atoms with Crippen LogP contribution >= 0.6 is 0 Å². The number of hydrogen-bond donors (Lipinski definition) is 2. The molecular weight excluding hydrogens is 570 g/mol. The number of unbranched alkanes of at least 4 members (excludes halogenated alkanes) is 1. The zero-order valence-electron chi connectivity index (χ0n) is 26.2. The summed E-state index contributed by atoms with van der Waals surface area (Å²) in [5.41, 5.74) is 4.62. The van der Waals surface area contributed by atoms with Gasteiger partial charge in [-0.3, -0.25) is 4.79 Å². The number of nitrogens with zero attached hydrogens (tertiary/aromatic N) is 1. The summed E-state index contributed by atoms with van der Waals surface area (Å²) in [5.74, 6) is 0.159. The Morgan fingerprint density at radius 3 is 2.41 bits per heavy atom. The average molecular weight is 616 g/mol. The summed E-state index contributed by atoms with van der Waals surface area (Å²) in [5, 5.41) is 2.72. The zero-order valence-corrected chi connectivity index (χ0v) is 27.0. The van der Waals surface area contributed by atoms with E-state index in [0.717, 1.165) is 72.9 Å². The van der Waals surface area contributed by atoms with Crippen molar-refractivity contribution in [2.75, 3.05) is 11.9 Å². The second kappa shape index (κ2) is 15.9. The fraction of sp³-hybridized carbons (Fsp3) is 0.389. The van der Waals surface area contributed by atoms with E-state index in [4.69, 9.17) is 4.74 Å². The molecule has 0 spiro atoms. The SMILES string of the molecule is C=C(CCCC)N(Cc1ccc(-c2ccccc2[S+]([O-])NC(=O)Nc2ccccc2)c(COCC)c1)C(=O)C1(C)CCCC1. The molecule has 1 atom stereocenters. The Hall–Kier alpha value is -3.59. The lowest BCUT2D eigenvalue weighted by Gasteiger charge is -2.33. The molecule has 0 heterocycles. The number of ether oxygens (including phenoxy) is 1. The van der Waals surface area contributed by atoms with E-state index in [1.807, 2.05) is 54.3 Å². The predicted octanol–water partition coefficient (Wildman–Crippen LogP) is 8.35. The van der Waals surface area contributed by atoms with Crippen molar-refractivity contribution in [2.24, 2.45) is 5.41 Å². The number of nitrogens with one attached hydrogen (secondary N) is 2. The number of allylic oxidation sites excluding steroid dienone is 1. The van der Waals surface area contributed by atoms with Crippen LogP contribution in [0.5, 0.6) is 0 Å². The highest BCUT2D eigenvalue weighted by molar-refractivity contribution is 7.90. The monoisotopic (exact) mass is 615 g/mol. The first-order valence-corrected chi connectivity index (χ1v) is 16.7. The number of carbonyl (C=O) groups is 2. The molecule has 0 saturated heterocycles. The van der Waals surface area contributed by atoms with Gasteiger partial charge in [0.1, 0.15) is 11.4 Å². The second-order valence-electron chi connectivity index (χ2n) is 11.6. The average Bonchev–Trinajstić information content (AvgIpc) is 3.49. The molecule has 1 aliphatic rings. The van der Waals surface area contributed by atoms with Crippen molar-refractivity contribution in [3.63, 3.8) is 0 Å². The number of anilines is 1. The number of rotatable bonds is 14. The molecule has 0 aromatic heterocycles. The van der Waals surface area contributed by atoms with E-state index >= 15 is 0 Å². The van der Waals surface area contributed by atoms with Crippen molar-refractivity contribution in [1.82, 2.24) is 9.62 Å². The summed E-state index contributed by atoms with van der Waals surface area (Å²) in [4.78, 5) is 28.9. The molecule has 7 nitrogen and oxygen atoms in total. The molecule has 1 unspecified atom stereocenters. The lowest BCUT2D eigenvalue weighted by molar-refractivity contribution is -0.139. The van der Waals surface area contributed by atoms with Crippen LogP contribution in [0.15, 0.2) is 90.0 Å². The molecule has 3 amide bonds. The third kappa shape index (κ3) is 8.52. The highest BCUT2D eigenvalue weighted by Gasteiger charge is 2.39. The van der Waals surface area contributed by atoms with Gasteiger partial charge in [0.15, 0.2) is 4.90 Å². The molecule has 1 aliphatic carbocycles. The predicted molar refractivity (Wildman–Crippen MR) is 178 cm³/mol. The van der Waals surface area contributed by atoms with Crippen molar-refractivity contribution in [2.45, 2.75) is 83.8 Å². The third-order valence-electron chi connectivity index (χ3n) is 8.24. The molecule has 234 valence electrons. The minimum absolute atomic E-state index is 0.159. The Kier molecular flexibility index (Phi) is 12.1. The Morgan fingerprint density at radius 2 is 1.70 bits per heavy atom. The first kappa shape index (κ1) is 33.3. The second-order valence-corrected chi connectivity index (χ2v) is 12.8. The van der Waals surface area contributed by atoms with Crippen LogP contribution in [0.2, 0.25) is 0 Å². The largest absolute Gasteiger partial charge is 0.588 e. The molecule has 8 heteroatoms. The van der Waals surface area contributed by atoms with E-state index in [2.05, 4.69) is 36.5 Å². The van der Waals surface area contributed by atoms with Crippen molar-refractivity contribution < 1.29 is 18.9 Å². The van der Waals surface area contributed by atoms with E-state index in [1.165, 1.54) is 0 Å². The van der Waals surface area contributed by atoms with E-state index in [0.29, 0.717) is 30.3 Å². The summed E-state index contributed by atoms with van der Waals surface area (Å²) in [6, 6.07) is 21.9. The smallest absolute Gasteiger partial charge is 0.361 e. The van der Waals surface area contributed by atoms with Crippen molar-refractivity contribution in [1.29, 1.82) is 0 Å². The Bertz CT molecular complexity index is 1420. The van der Waals surface area contributed by atoms with Gasteiger partial charge in [0.25, 0.3) is 0 Å². The van der Waals surface area contributed by atoms with Gasteiger partial charge in [-0.15, -0.1) is 4.72 Å². The summed E-state index contributed by atoms with van der Waals surface area (Å²) in [7, 11) is 0. The van der Waals surface area contributed by atoms with Crippen LogP contribution in [0.4, 0.5) is 10.5 Å². The molecule has 1 saturated carbocycles. The van der Waals surface area contributed by atoms with Crippen LogP contribution in [0.1, 0.15) is 76.8 Å². The summed E-state index contributed by atoms with van der Waals surface area (Å²) >= 11 is -1.82. The number of benzene rings is 3. The molecule has 0 radical (unpaired) electrons. The van der Waals surface area contributed by atoms with Crippen molar-refractivity contribution >= 4 is 29.0 Å². The fourth-order valence-electron chi connectivity index (χ4n) is 5.73. The maximum Gasteiger partial charge on any atom is 0.361 e. The number of amides is 3. The standard InChI is InChI=1S/C36H45N3O4S/c1-5-7-15-27(3)39(34(40)36(4)22-13-14-23-36)25-28-20-21-31(29(24-28)26-43-6-2)32-18-11-12-19-33(32)44(42)38-35(41)37-30-16-9-8-10-17-30/h8-12,16-21,24H,3,5-7,13-15,22-23,25-26H2,1-2,4H3,(H2,37,38,41). The molecule has 0 bridgehead atoms. The van der Waals surface area contributed by atoms with Gasteiger partial charge in [0.2, 0.25) is 5.91 Å².